The molecule has 0 fully saturated rings. The van der Waals surface area contributed by atoms with Crippen LogP contribution in [0, 0.1) is 0 Å². The Morgan fingerprint density at radius 1 is 0.938 bits per heavy atom. The van der Waals surface area contributed by atoms with E-state index in [-0.39, 0.29) is 0 Å². The number of nitrogens with zero attached hydrogens (tertiary/aromatic N) is 2. The molecule has 0 spiro atoms. The van der Waals surface area contributed by atoms with Crippen molar-refractivity contribution in [1.82, 2.24) is 0 Å². The molecular weight excluding hydrogens is 196 g/mol. The standard InChI is InChI=1S/C14H20N2/c1-5-11(3)15-13-8-7-9-14(10-13)16-12(4)6-2/h7-10H,5-6H2,1-4H3. The lowest BCUT2D eigenvalue weighted by molar-refractivity contribution is 1.24. The van der Waals surface area contributed by atoms with Gasteiger partial charge in [-0.3, -0.25) is 9.98 Å². The summed E-state index contributed by atoms with van der Waals surface area (Å²) in [5, 5.41) is 0. The van der Waals surface area contributed by atoms with Crippen LogP contribution < -0.4 is 0 Å². The van der Waals surface area contributed by atoms with Gasteiger partial charge in [-0.25, -0.2) is 0 Å². The predicted octanol–water partition coefficient (Wildman–Crippen LogP) is 4.69. The van der Waals surface area contributed by atoms with Crippen molar-refractivity contribution in [2.24, 2.45) is 9.98 Å². The molecule has 0 aliphatic heterocycles. The lowest BCUT2D eigenvalue weighted by atomic mass is 10.2. The third kappa shape index (κ3) is 3.97. The third-order valence-electron chi connectivity index (χ3n) is 2.49. The maximum absolute atomic E-state index is 4.52. The molecule has 0 aromatic heterocycles. The first-order chi connectivity index (χ1) is 7.65. The van der Waals surface area contributed by atoms with E-state index in [1.165, 1.54) is 0 Å². The summed E-state index contributed by atoms with van der Waals surface area (Å²) in [5.41, 5.74) is 4.27. The summed E-state index contributed by atoms with van der Waals surface area (Å²) in [7, 11) is 0. The van der Waals surface area contributed by atoms with Gasteiger partial charge in [0, 0.05) is 11.4 Å². The molecule has 1 aromatic rings. The Labute approximate surface area is 98.1 Å². The number of hydrogen-bond donors (Lipinski definition) is 0. The Morgan fingerprint density at radius 2 is 1.38 bits per heavy atom. The second-order valence-electron chi connectivity index (χ2n) is 3.92. The quantitative estimate of drug-likeness (QED) is 0.652. The van der Waals surface area contributed by atoms with Gasteiger partial charge < -0.3 is 0 Å². The third-order valence-corrected chi connectivity index (χ3v) is 2.49. The lowest BCUT2D eigenvalue weighted by Gasteiger charge is -2.00. The molecule has 0 saturated heterocycles. The first-order valence-electron chi connectivity index (χ1n) is 5.84. The van der Waals surface area contributed by atoms with E-state index in [0.717, 1.165) is 35.6 Å². The fraction of sp³-hybridized carbons (Fsp3) is 0.429. The van der Waals surface area contributed by atoms with E-state index in [2.05, 4.69) is 23.8 Å². The van der Waals surface area contributed by atoms with Crippen molar-refractivity contribution >= 4 is 22.8 Å². The van der Waals surface area contributed by atoms with E-state index in [9.17, 15) is 0 Å². The van der Waals surface area contributed by atoms with E-state index in [0.29, 0.717) is 0 Å². The molecule has 0 unspecified atom stereocenters. The van der Waals surface area contributed by atoms with Crippen LogP contribution in [-0.2, 0) is 0 Å². The van der Waals surface area contributed by atoms with Crippen LogP contribution in [0.4, 0.5) is 11.4 Å². The second kappa shape index (κ2) is 6.21. The smallest absolute Gasteiger partial charge is 0.0650 e. The zero-order chi connectivity index (χ0) is 12.0. The minimum Gasteiger partial charge on any atom is -0.258 e. The van der Waals surface area contributed by atoms with Gasteiger partial charge in [0.25, 0.3) is 0 Å². The maximum Gasteiger partial charge on any atom is 0.0650 e. The summed E-state index contributed by atoms with van der Waals surface area (Å²) in [4.78, 5) is 9.04. The highest BCUT2D eigenvalue weighted by molar-refractivity contribution is 5.86. The van der Waals surface area contributed by atoms with Crippen molar-refractivity contribution < 1.29 is 0 Å². The molecule has 0 aliphatic carbocycles. The summed E-state index contributed by atoms with van der Waals surface area (Å²) < 4.78 is 0. The summed E-state index contributed by atoms with van der Waals surface area (Å²) >= 11 is 0. The van der Waals surface area contributed by atoms with E-state index < -0.39 is 0 Å². The molecule has 1 rings (SSSR count). The molecule has 86 valence electrons. The van der Waals surface area contributed by atoms with Crippen LogP contribution in [-0.4, -0.2) is 11.4 Å². The Kier molecular flexibility index (Phi) is 4.90. The first-order valence-corrected chi connectivity index (χ1v) is 5.84. The van der Waals surface area contributed by atoms with Crippen LogP contribution in [0.2, 0.25) is 0 Å². The average Bonchev–Trinajstić information content (AvgIpc) is 2.29. The molecule has 0 saturated carbocycles. The van der Waals surface area contributed by atoms with E-state index in [4.69, 9.17) is 0 Å². The van der Waals surface area contributed by atoms with Crippen molar-refractivity contribution in [2.75, 3.05) is 0 Å². The van der Waals surface area contributed by atoms with Crippen LogP contribution in [0.5, 0.6) is 0 Å². The summed E-state index contributed by atoms with van der Waals surface area (Å²) in [6, 6.07) is 8.06. The van der Waals surface area contributed by atoms with Crippen LogP contribution >= 0.6 is 0 Å². The molecule has 0 aliphatic rings. The molecule has 0 radical (unpaired) electrons. The second-order valence-corrected chi connectivity index (χ2v) is 3.92. The Hall–Kier alpha value is -1.44. The Morgan fingerprint density at radius 3 is 1.75 bits per heavy atom. The maximum atomic E-state index is 4.52. The van der Waals surface area contributed by atoms with Crippen LogP contribution in [0.15, 0.2) is 34.3 Å². The van der Waals surface area contributed by atoms with Crippen molar-refractivity contribution in [3.05, 3.63) is 24.3 Å². The van der Waals surface area contributed by atoms with Crippen molar-refractivity contribution in [3.8, 4) is 0 Å². The number of hydrogen-bond acceptors (Lipinski definition) is 2. The fourth-order valence-electron chi connectivity index (χ4n) is 1.23. The molecule has 0 N–H and O–H groups in total. The zero-order valence-electron chi connectivity index (χ0n) is 10.6. The molecule has 0 atom stereocenters. The van der Waals surface area contributed by atoms with Gasteiger partial charge in [-0.15, -0.1) is 0 Å². The monoisotopic (exact) mass is 216 g/mol. The molecule has 2 heteroatoms. The van der Waals surface area contributed by atoms with Crippen LogP contribution in [0.25, 0.3) is 0 Å². The normalized spacial score (nSPS) is 13.0. The zero-order valence-corrected chi connectivity index (χ0v) is 10.6. The topological polar surface area (TPSA) is 24.7 Å². The highest BCUT2D eigenvalue weighted by Crippen LogP contribution is 2.21. The van der Waals surface area contributed by atoms with Gasteiger partial charge in [0.15, 0.2) is 0 Å². The summed E-state index contributed by atoms with van der Waals surface area (Å²) in [5.74, 6) is 0. The largest absolute Gasteiger partial charge is 0.258 e. The number of aliphatic imine (C=N–C) groups is 2. The minimum atomic E-state index is 0.988. The van der Waals surface area contributed by atoms with Crippen LogP contribution in [0.3, 0.4) is 0 Å². The van der Waals surface area contributed by atoms with Gasteiger partial charge in [0.1, 0.15) is 0 Å². The number of rotatable bonds is 4. The lowest BCUT2D eigenvalue weighted by Crippen LogP contribution is -1.86. The number of benzene rings is 1. The summed E-state index contributed by atoms with van der Waals surface area (Å²) in [6.45, 7) is 8.32. The first kappa shape index (κ1) is 12.6. The van der Waals surface area contributed by atoms with E-state index in [1.807, 2.05) is 38.1 Å². The average molecular weight is 216 g/mol. The van der Waals surface area contributed by atoms with Crippen LogP contribution in [0.1, 0.15) is 40.5 Å². The van der Waals surface area contributed by atoms with Gasteiger partial charge in [0.05, 0.1) is 11.4 Å². The van der Waals surface area contributed by atoms with Crippen molar-refractivity contribution in [2.45, 2.75) is 40.5 Å². The molecule has 2 nitrogen and oxygen atoms in total. The minimum absolute atomic E-state index is 0.988. The van der Waals surface area contributed by atoms with Crippen molar-refractivity contribution in [3.63, 3.8) is 0 Å². The molecule has 1 aromatic carbocycles. The Balaban J connectivity index is 2.96. The summed E-state index contributed by atoms with van der Waals surface area (Å²) in [6.07, 6.45) is 1.98. The molecule has 0 heterocycles. The highest BCUT2D eigenvalue weighted by atomic mass is 14.8. The Bertz CT molecular complexity index is 368. The van der Waals surface area contributed by atoms with Gasteiger partial charge >= 0.3 is 0 Å². The van der Waals surface area contributed by atoms with E-state index >= 15 is 0 Å². The molecule has 0 amide bonds. The van der Waals surface area contributed by atoms with Gasteiger partial charge in [-0.1, -0.05) is 19.9 Å². The van der Waals surface area contributed by atoms with Gasteiger partial charge in [-0.2, -0.15) is 0 Å². The van der Waals surface area contributed by atoms with Crippen molar-refractivity contribution in [1.29, 1.82) is 0 Å². The van der Waals surface area contributed by atoms with Gasteiger partial charge in [-0.05, 0) is 44.9 Å². The molecule has 0 bridgehead atoms. The molecule has 16 heavy (non-hydrogen) atoms. The fourth-order valence-corrected chi connectivity index (χ4v) is 1.23. The van der Waals surface area contributed by atoms with E-state index in [1.54, 1.807) is 0 Å². The SMILES string of the molecule is CCC(C)=Nc1cccc(N=C(C)CC)c1. The predicted molar refractivity (Wildman–Crippen MR) is 72.6 cm³/mol. The highest BCUT2D eigenvalue weighted by Gasteiger charge is 1.94. The molecular formula is C14H20N2. The van der Waals surface area contributed by atoms with Gasteiger partial charge in [0.2, 0.25) is 0 Å².